The quantitative estimate of drug-likeness (QED) is 0.844. The molecule has 0 bridgehead atoms. The van der Waals surface area contributed by atoms with Crippen molar-refractivity contribution in [2.24, 2.45) is 0 Å². The zero-order chi connectivity index (χ0) is 19.4. The van der Waals surface area contributed by atoms with Crippen molar-refractivity contribution >= 4 is 0 Å². The average Bonchev–Trinajstić information content (AvgIpc) is 2.67. The van der Waals surface area contributed by atoms with Gasteiger partial charge in [0, 0.05) is 12.8 Å². The zero-order valence-corrected chi connectivity index (χ0v) is 15.9. The van der Waals surface area contributed by atoms with E-state index in [4.69, 9.17) is 4.74 Å². The summed E-state index contributed by atoms with van der Waals surface area (Å²) in [7, 11) is 0. The first-order valence-electron chi connectivity index (χ1n) is 9.56. The number of rotatable bonds is 5. The Morgan fingerprint density at radius 1 is 1.15 bits per heavy atom. The summed E-state index contributed by atoms with van der Waals surface area (Å²) in [6, 6.07) is 16.5. The molecule has 0 amide bonds. The smallest absolute Gasteiger partial charge is 0.0994 e. The first-order valence-corrected chi connectivity index (χ1v) is 9.56. The Hall–Kier alpha value is -2.19. The number of hydrogen-bond acceptors (Lipinski definition) is 4. The second-order valence-electron chi connectivity index (χ2n) is 7.66. The fourth-order valence-corrected chi connectivity index (χ4v) is 3.63. The van der Waals surface area contributed by atoms with E-state index >= 15 is 0 Å². The summed E-state index contributed by atoms with van der Waals surface area (Å²) in [6.45, 7) is 4.24. The van der Waals surface area contributed by atoms with Gasteiger partial charge in [-0.05, 0) is 40.7 Å². The summed E-state index contributed by atoms with van der Waals surface area (Å²) in [6.07, 6.45) is 0.544. The van der Waals surface area contributed by atoms with E-state index in [2.05, 4.69) is 44.2 Å². The van der Waals surface area contributed by atoms with Crippen LogP contribution in [0.15, 0.2) is 42.5 Å². The summed E-state index contributed by atoms with van der Waals surface area (Å²) >= 11 is 0. The standard InChI is InChI=1S/C23H27NO3/c1-15(2)17-5-3-16(4-6-17)9-20-10-18(7-8-19(20)13-24)23-12-21(26)11-22(14-25)27-23/h3-8,10,15,21-23,25-26H,9,11-12,14H2,1-2H3. The highest BCUT2D eigenvalue weighted by molar-refractivity contribution is 5.44. The van der Waals surface area contributed by atoms with Crippen LogP contribution >= 0.6 is 0 Å². The lowest BCUT2D eigenvalue weighted by Crippen LogP contribution is -2.33. The molecule has 0 aromatic heterocycles. The highest BCUT2D eigenvalue weighted by atomic mass is 16.5. The third-order valence-electron chi connectivity index (χ3n) is 5.24. The molecule has 0 saturated carbocycles. The lowest BCUT2D eigenvalue weighted by Gasteiger charge is -2.32. The minimum Gasteiger partial charge on any atom is -0.394 e. The summed E-state index contributed by atoms with van der Waals surface area (Å²) < 4.78 is 5.92. The van der Waals surface area contributed by atoms with Crippen molar-refractivity contribution in [3.63, 3.8) is 0 Å². The van der Waals surface area contributed by atoms with Gasteiger partial charge in [-0.25, -0.2) is 0 Å². The predicted octanol–water partition coefficient (Wildman–Crippen LogP) is 3.85. The minimum absolute atomic E-state index is 0.0983. The van der Waals surface area contributed by atoms with Crippen LogP contribution in [0.3, 0.4) is 0 Å². The van der Waals surface area contributed by atoms with Crippen molar-refractivity contribution in [1.82, 2.24) is 0 Å². The topological polar surface area (TPSA) is 73.5 Å². The molecule has 3 atom stereocenters. The predicted molar refractivity (Wildman–Crippen MR) is 104 cm³/mol. The van der Waals surface area contributed by atoms with E-state index in [1.165, 1.54) is 5.56 Å². The van der Waals surface area contributed by atoms with Gasteiger partial charge in [-0.3, -0.25) is 0 Å². The monoisotopic (exact) mass is 365 g/mol. The molecular formula is C23H27NO3. The molecule has 0 radical (unpaired) electrons. The summed E-state index contributed by atoms with van der Waals surface area (Å²) in [5.74, 6) is 0.492. The molecule has 1 aliphatic rings. The van der Waals surface area contributed by atoms with Crippen LogP contribution in [-0.2, 0) is 11.2 Å². The second-order valence-corrected chi connectivity index (χ2v) is 7.66. The molecular weight excluding hydrogens is 338 g/mol. The van der Waals surface area contributed by atoms with Gasteiger partial charge in [-0.1, -0.05) is 50.2 Å². The Balaban J connectivity index is 1.84. The second kappa shape index (κ2) is 8.67. The molecule has 1 fully saturated rings. The third-order valence-corrected chi connectivity index (χ3v) is 5.24. The van der Waals surface area contributed by atoms with Crippen LogP contribution < -0.4 is 0 Å². The Kier molecular flexibility index (Phi) is 6.28. The van der Waals surface area contributed by atoms with E-state index in [-0.39, 0.29) is 18.8 Å². The van der Waals surface area contributed by atoms with Crippen LogP contribution in [0.1, 0.15) is 66.5 Å². The van der Waals surface area contributed by atoms with Gasteiger partial charge >= 0.3 is 0 Å². The zero-order valence-electron chi connectivity index (χ0n) is 15.9. The van der Waals surface area contributed by atoms with Gasteiger partial charge in [0.25, 0.3) is 0 Å². The van der Waals surface area contributed by atoms with E-state index in [1.54, 1.807) is 0 Å². The molecule has 4 heteroatoms. The van der Waals surface area contributed by atoms with Crippen LogP contribution in [0.4, 0.5) is 0 Å². The van der Waals surface area contributed by atoms with Crippen LogP contribution in [-0.4, -0.2) is 29.0 Å². The van der Waals surface area contributed by atoms with Gasteiger partial charge in [0.1, 0.15) is 0 Å². The van der Waals surface area contributed by atoms with Gasteiger partial charge < -0.3 is 14.9 Å². The SMILES string of the molecule is CC(C)c1ccc(Cc2cc(C3CC(O)CC(CO)O3)ccc2C#N)cc1. The van der Waals surface area contributed by atoms with Gasteiger partial charge in [-0.15, -0.1) is 0 Å². The first-order chi connectivity index (χ1) is 13.0. The molecule has 0 aliphatic carbocycles. The maximum absolute atomic E-state index is 10.1. The van der Waals surface area contributed by atoms with Crippen molar-refractivity contribution in [2.75, 3.05) is 6.61 Å². The van der Waals surface area contributed by atoms with Crippen LogP contribution in [0, 0.1) is 11.3 Å². The van der Waals surface area contributed by atoms with Crippen molar-refractivity contribution in [1.29, 1.82) is 5.26 Å². The van der Waals surface area contributed by atoms with Crippen molar-refractivity contribution in [3.05, 3.63) is 70.3 Å². The van der Waals surface area contributed by atoms with E-state index in [9.17, 15) is 15.5 Å². The maximum Gasteiger partial charge on any atom is 0.0994 e. The summed E-state index contributed by atoms with van der Waals surface area (Å²) in [5.41, 5.74) is 5.01. The van der Waals surface area contributed by atoms with Gasteiger partial charge in [-0.2, -0.15) is 5.26 Å². The Labute approximate surface area is 161 Å². The molecule has 3 rings (SSSR count). The van der Waals surface area contributed by atoms with Crippen LogP contribution in [0.2, 0.25) is 0 Å². The van der Waals surface area contributed by atoms with Crippen LogP contribution in [0.5, 0.6) is 0 Å². The molecule has 2 N–H and O–H groups in total. The van der Waals surface area contributed by atoms with Crippen LogP contribution in [0.25, 0.3) is 0 Å². The maximum atomic E-state index is 10.1. The molecule has 2 aromatic carbocycles. The van der Waals surface area contributed by atoms with Gasteiger partial charge in [0.2, 0.25) is 0 Å². The molecule has 4 nitrogen and oxygen atoms in total. The first kappa shape index (κ1) is 19.6. The molecule has 0 spiro atoms. The average molecular weight is 365 g/mol. The molecule has 1 aliphatic heterocycles. The fourth-order valence-electron chi connectivity index (χ4n) is 3.63. The Morgan fingerprint density at radius 3 is 2.52 bits per heavy atom. The number of nitrogens with zero attached hydrogens (tertiary/aromatic N) is 1. The lowest BCUT2D eigenvalue weighted by molar-refractivity contribution is -0.113. The molecule has 1 heterocycles. The number of nitriles is 1. The molecule has 1 saturated heterocycles. The Bertz CT molecular complexity index is 807. The fraction of sp³-hybridized carbons (Fsp3) is 0.435. The van der Waals surface area contributed by atoms with E-state index in [1.807, 2.05) is 18.2 Å². The number of ether oxygens (including phenoxy) is 1. The highest BCUT2D eigenvalue weighted by Crippen LogP contribution is 2.33. The number of hydrogen-bond donors (Lipinski definition) is 2. The van der Waals surface area contributed by atoms with Gasteiger partial charge in [0.15, 0.2) is 0 Å². The Morgan fingerprint density at radius 2 is 1.89 bits per heavy atom. The lowest BCUT2D eigenvalue weighted by atomic mass is 9.91. The van der Waals surface area contributed by atoms with E-state index < -0.39 is 6.10 Å². The number of aliphatic hydroxyl groups excluding tert-OH is 2. The molecule has 27 heavy (non-hydrogen) atoms. The van der Waals surface area contributed by atoms with E-state index in [0.717, 1.165) is 16.7 Å². The van der Waals surface area contributed by atoms with Crippen molar-refractivity contribution < 1.29 is 14.9 Å². The third kappa shape index (κ3) is 4.75. The summed E-state index contributed by atoms with van der Waals surface area (Å²) in [4.78, 5) is 0. The minimum atomic E-state index is -0.483. The summed E-state index contributed by atoms with van der Waals surface area (Å²) in [5, 5.41) is 28.9. The number of benzene rings is 2. The number of aliphatic hydroxyl groups is 2. The van der Waals surface area contributed by atoms with Crippen molar-refractivity contribution in [3.8, 4) is 6.07 Å². The largest absolute Gasteiger partial charge is 0.394 e. The molecule has 3 unspecified atom stereocenters. The van der Waals surface area contributed by atoms with E-state index in [0.29, 0.717) is 30.7 Å². The molecule has 142 valence electrons. The molecule has 2 aromatic rings. The highest BCUT2D eigenvalue weighted by Gasteiger charge is 2.29. The van der Waals surface area contributed by atoms with Gasteiger partial charge in [0.05, 0.1) is 36.6 Å². The van der Waals surface area contributed by atoms with Crippen molar-refractivity contribution in [2.45, 2.75) is 57.3 Å². The normalized spacial score (nSPS) is 22.6.